The molecule has 236 valence electrons. The van der Waals surface area contributed by atoms with Crippen molar-refractivity contribution >= 4 is 63.8 Å². The molecule has 0 amide bonds. The fourth-order valence-corrected chi connectivity index (χ4v) is 8.50. The molecule has 0 aliphatic carbocycles. The van der Waals surface area contributed by atoms with E-state index in [4.69, 9.17) is 9.97 Å². The summed E-state index contributed by atoms with van der Waals surface area (Å²) < 4.78 is 2.41. The third-order valence-corrected chi connectivity index (χ3v) is 11.0. The van der Waals surface area contributed by atoms with E-state index in [1.165, 1.54) is 47.3 Å². The molecule has 10 rings (SSSR count). The van der Waals surface area contributed by atoms with Crippen LogP contribution in [0, 0.1) is 11.3 Å². The highest BCUT2D eigenvalue weighted by Gasteiger charge is 2.18. The molecule has 0 unspecified atom stereocenters. The fraction of sp³-hybridized carbons (Fsp3) is 0. The Kier molecular flexibility index (Phi) is 6.70. The molecule has 0 radical (unpaired) electrons. The van der Waals surface area contributed by atoms with Gasteiger partial charge in [0.25, 0.3) is 0 Å². The van der Waals surface area contributed by atoms with Gasteiger partial charge in [-0.2, -0.15) is 5.26 Å². The first-order valence-electron chi connectivity index (χ1n) is 16.8. The van der Waals surface area contributed by atoms with Gasteiger partial charge < -0.3 is 0 Å². The predicted molar refractivity (Wildman–Crippen MR) is 212 cm³/mol. The Bertz CT molecular complexity index is 2980. The van der Waals surface area contributed by atoms with Gasteiger partial charge >= 0.3 is 0 Å². The first kappa shape index (κ1) is 29.2. The molecular formula is C46H26N4S. The number of nitrogens with zero attached hydrogens (tertiary/aromatic N) is 4. The van der Waals surface area contributed by atoms with E-state index >= 15 is 0 Å². The Labute approximate surface area is 297 Å². The molecule has 0 N–H and O–H groups in total. The molecule has 4 aromatic heterocycles. The van der Waals surface area contributed by atoms with Crippen molar-refractivity contribution in [1.82, 2.24) is 15.0 Å². The van der Waals surface area contributed by atoms with E-state index in [0.717, 1.165) is 50.1 Å². The highest BCUT2D eigenvalue weighted by atomic mass is 32.1. The van der Waals surface area contributed by atoms with E-state index in [-0.39, 0.29) is 0 Å². The van der Waals surface area contributed by atoms with Crippen molar-refractivity contribution in [3.63, 3.8) is 0 Å². The largest absolute Gasteiger partial charge is 0.265 e. The van der Waals surface area contributed by atoms with E-state index in [0.29, 0.717) is 5.56 Å². The molecule has 0 saturated carbocycles. The Morgan fingerprint density at radius 2 is 1.08 bits per heavy atom. The number of fused-ring (bicyclic) bond motifs is 8. The molecule has 5 heteroatoms. The molecule has 10 aromatic rings. The van der Waals surface area contributed by atoms with Crippen molar-refractivity contribution in [2.45, 2.75) is 0 Å². The van der Waals surface area contributed by atoms with Gasteiger partial charge in [0, 0.05) is 55.5 Å². The third-order valence-electron chi connectivity index (χ3n) is 9.83. The molecule has 0 spiro atoms. The summed E-state index contributed by atoms with van der Waals surface area (Å²) in [5.41, 5.74) is 8.77. The SMILES string of the molecule is N#Cc1ccc2sc3ccc(-c4cc5c6ccccc6c(-c6cc(-c7ccccn7)cc(-c7ccncc7)n6)cc5c5ccccc45)cc3c2c1. The molecule has 0 aliphatic rings. The van der Waals surface area contributed by atoms with Crippen LogP contribution in [0.2, 0.25) is 0 Å². The molecular weight excluding hydrogens is 641 g/mol. The van der Waals surface area contributed by atoms with Crippen LogP contribution in [0.15, 0.2) is 158 Å². The van der Waals surface area contributed by atoms with Crippen LogP contribution in [0.4, 0.5) is 0 Å². The van der Waals surface area contributed by atoms with Gasteiger partial charge in [-0.15, -0.1) is 11.3 Å². The number of benzene rings is 6. The second-order valence-corrected chi connectivity index (χ2v) is 13.8. The number of aromatic nitrogens is 3. The van der Waals surface area contributed by atoms with Gasteiger partial charge in [0.05, 0.1) is 28.7 Å². The van der Waals surface area contributed by atoms with Crippen LogP contribution in [-0.4, -0.2) is 15.0 Å². The van der Waals surface area contributed by atoms with Crippen molar-refractivity contribution in [2.75, 3.05) is 0 Å². The summed E-state index contributed by atoms with van der Waals surface area (Å²) in [6, 6.07) is 51.4. The minimum absolute atomic E-state index is 0.680. The Hall–Kier alpha value is -6.74. The highest BCUT2D eigenvalue weighted by molar-refractivity contribution is 7.25. The van der Waals surface area contributed by atoms with Gasteiger partial charge in [0.15, 0.2) is 0 Å². The van der Waals surface area contributed by atoms with Crippen LogP contribution < -0.4 is 0 Å². The van der Waals surface area contributed by atoms with Crippen LogP contribution in [0.3, 0.4) is 0 Å². The minimum atomic E-state index is 0.680. The number of hydrogen-bond acceptors (Lipinski definition) is 5. The topological polar surface area (TPSA) is 62.5 Å². The van der Waals surface area contributed by atoms with Crippen LogP contribution in [0.5, 0.6) is 0 Å². The minimum Gasteiger partial charge on any atom is -0.265 e. The summed E-state index contributed by atoms with van der Waals surface area (Å²) >= 11 is 1.77. The molecule has 0 aliphatic heterocycles. The number of thiophene rings is 1. The summed E-state index contributed by atoms with van der Waals surface area (Å²) in [6.07, 6.45) is 5.45. The lowest BCUT2D eigenvalue weighted by Gasteiger charge is -2.17. The Balaban J connectivity index is 1.25. The molecule has 6 aromatic carbocycles. The summed E-state index contributed by atoms with van der Waals surface area (Å²) in [5.74, 6) is 0. The van der Waals surface area contributed by atoms with Gasteiger partial charge in [0.2, 0.25) is 0 Å². The van der Waals surface area contributed by atoms with E-state index in [2.05, 4.69) is 108 Å². The summed E-state index contributed by atoms with van der Waals surface area (Å²) in [6.45, 7) is 0. The zero-order valence-corrected chi connectivity index (χ0v) is 28.0. The maximum atomic E-state index is 9.61. The zero-order valence-electron chi connectivity index (χ0n) is 27.2. The molecule has 0 saturated heterocycles. The summed E-state index contributed by atoms with van der Waals surface area (Å²) in [4.78, 5) is 14.2. The van der Waals surface area contributed by atoms with Gasteiger partial charge in [-0.05, 0) is 122 Å². The smallest absolute Gasteiger partial charge is 0.0991 e. The molecule has 4 heterocycles. The van der Waals surface area contributed by atoms with E-state index in [9.17, 15) is 5.26 Å². The zero-order chi connectivity index (χ0) is 33.9. The Morgan fingerprint density at radius 3 is 1.80 bits per heavy atom. The number of hydrogen-bond donors (Lipinski definition) is 0. The van der Waals surface area contributed by atoms with Crippen molar-refractivity contribution in [3.8, 4) is 51.0 Å². The number of nitriles is 1. The normalized spacial score (nSPS) is 11.5. The summed E-state index contributed by atoms with van der Waals surface area (Å²) in [7, 11) is 0. The molecule has 4 nitrogen and oxygen atoms in total. The van der Waals surface area contributed by atoms with Crippen LogP contribution in [0.1, 0.15) is 5.56 Å². The molecule has 51 heavy (non-hydrogen) atoms. The van der Waals surface area contributed by atoms with Crippen molar-refractivity contribution < 1.29 is 0 Å². The van der Waals surface area contributed by atoms with Crippen LogP contribution in [0.25, 0.3) is 97.4 Å². The lowest BCUT2D eigenvalue weighted by atomic mass is 9.88. The maximum absolute atomic E-state index is 9.61. The van der Waals surface area contributed by atoms with Crippen LogP contribution in [-0.2, 0) is 0 Å². The monoisotopic (exact) mass is 666 g/mol. The van der Waals surface area contributed by atoms with Gasteiger partial charge in [-0.1, -0.05) is 60.7 Å². The quantitative estimate of drug-likeness (QED) is 0.175. The number of pyridine rings is 3. The average molecular weight is 667 g/mol. The first-order valence-corrected chi connectivity index (χ1v) is 17.6. The second kappa shape index (κ2) is 11.7. The second-order valence-electron chi connectivity index (χ2n) is 12.7. The average Bonchev–Trinajstić information content (AvgIpc) is 3.58. The van der Waals surface area contributed by atoms with Crippen molar-refractivity contribution in [2.24, 2.45) is 0 Å². The van der Waals surface area contributed by atoms with Gasteiger partial charge in [0.1, 0.15) is 0 Å². The third kappa shape index (κ3) is 4.85. The highest BCUT2D eigenvalue weighted by Crippen LogP contribution is 2.44. The molecule has 0 bridgehead atoms. The Morgan fingerprint density at radius 1 is 0.431 bits per heavy atom. The number of rotatable bonds is 4. The lowest BCUT2D eigenvalue weighted by molar-refractivity contribution is 1.27. The van der Waals surface area contributed by atoms with Crippen molar-refractivity contribution in [1.29, 1.82) is 5.26 Å². The predicted octanol–water partition coefficient (Wildman–Crippen LogP) is 12.2. The first-order chi connectivity index (χ1) is 25.2. The molecule has 0 atom stereocenters. The fourth-order valence-electron chi connectivity index (χ4n) is 7.44. The van der Waals surface area contributed by atoms with E-state index in [1.807, 2.05) is 48.7 Å². The van der Waals surface area contributed by atoms with Crippen molar-refractivity contribution in [3.05, 3.63) is 164 Å². The lowest BCUT2D eigenvalue weighted by Crippen LogP contribution is -1.94. The summed E-state index contributed by atoms with van der Waals surface area (Å²) in [5, 5.41) is 19.0. The van der Waals surface area contributed by atoms with Gasteiger partial charge in [-0.25, -0.2) is 4.98 Å². The van der Waals surface area contributed by atoms with Crippen LogP contribution >= 0.6 is 11.3 Å². The standard InChI is InChI=1S/C46H26N4S/c47-27-28-12-14-45-40(21-28)41-22-30(13-15-46(41)51-45)36-25-37-34-9-3-4-10-35(34)39(26-38(37)33-8-2-1-7-32(33)36)44-24-31(42-11-5-6-18-49-42)23-43(50-44)29-16-19-48-20-17-29/h1-26H. The molecule has 0 fully saturated rings. The van der Waals surface area contributed by atoms with E-state index in [1.54, 1.807) is 23.7 Å². The maximum Gasteiger partial charge on any atom is 0.0991 e. The van der Waals surface area contributed by atoms with Gasteiger partial charge in [-0.3, -0.25) is 9.97 Å². The van der Waals surface area contributed by atoms with E-state index < -0.39 is 0 Å².